The third kappa shape index (κ3) is 5.25. The Kier molecular flexibility index (Phi) is 6.43. The molecule has 2 aromatic rings. The van der Waals surface area contributed by atoms with Crippen molar-refractivity contribution >= 4 is 17.0 Å². The number of thiophene rings is 1. The predicted octanol–water partition coefficient (Wildman–Crippen LogP) is 5.16. The lowest BCUT2D eigenvalue weighted by atomic mass is 9.93. The summed E-state index contributed by atoms with van der Waals surface area (Å²) in [6, 6.07) is 6.14. The molecule has 0 radical (unpaired) electrons. The predicted molar refractivity (Wildman–Crippen MR) is 99.2 cm³/mol. The van der Waals surface area contributed by atoms with Crippen LogP contribution in [0.3, 0.4) is 0 Å². The molecule has 1 unspecified atom stereocenters. The Bertz CT molecular complexity index is 635. The van der Waals surface area contributed by atoms with Gasteiger partial charge in [-0.3, -0.25) is 0 Å². The second kappa shape index (κ2) is 8.77. The molecule has 3 rings (SSSR count). The van der Waals surface area contributed by atoms with Crippen molar-refractivity contribution in [2.24, 2.45) is 0 Å². The van der Waals surface area contributed by atoms with Gasteiger partial charge in [0.1, 0.15) is 11.6 Å². The fourth-order valence-corrected chi connectivity index (χ4v) is 4.34. The summed E-state index contributed by atoms with van der Waals surface area (Å²) in [4.78, 5) is 2.33. The van der Waals surface area contributed by atoms with Crippen LogP contribution in [0.4, 0.5) is 14.5 Å². The molecule has 0 aliphatic heterocycles. The maximum atomic E-state index is 13.3. The highest BCUT2D eigenvalue weighted by atomic mass is 32.1. The van der Waals surface area contributed by atoms with Crippen molar-refractivity contribution in [3.8, 4) is 0 Å². The van der Waals surface area contributed by atoms with Crippen LogP contribution in [0, 0.1) is 11.6 Å². The van der Waals surface area contributed by atoms with Gasteiger partial charge < -0.3 is 10.0 Å². The molecule has 0 bridgehead atoms. The van der Waals surface area contributed by atoms with Crippen molar-refractivity contribution in [2.75, 3.05) is 11.4 Å². The standard InChI is InChI=1S/C20H25F2NOS/c21-16-10-15(11-17(22)12-16)6-7-20(24)13-23(19-8-9-25-14-19)18-4-2-1-3-5-18/h8-12,14,18,20,24H,1-7,13H2. The maximum absolute atomic E-state index is 13.3. The number of aliphatic hydroxyl groups excluding tert-OH is 1. The van der Waals surface area contributed by atoms with Crippen molar-refractivity contribution in [2.45, 2.75) is 57.1 Å². The zero-order chi connectivity index (χ0) is 17.6. The molecule has 1 aliphatic rings. The Balaban J connectivity index is 1.60. The third-order valence-corrected chi connectivity index (χ3v) is 5.62. The van der Waals surface area contributed by atoms with Crippen LogP contribution in [0.15, 0.2) is 35.0 Å². The van der Waals surface area contributed by atoms with E-state index in [1.54, 1.807) is 11.3 Å². The van der Waals surface area contributed by atoms with E-state index in [-0.39, 0.29) is 0 Å². The highest BCUT2D eigenvalue weighted by molar-refractivity contribution is 7.08. The van der Waals surface area contributed by atoms with E-state index < -0.39 is 17.7 Å². The summed E-state index contributed by atoms with van der Waals surface area (Å²) in [5, 5.41) is 14.7. The van der Waals surface area contributed by atoms with Gasteiger partial charge >= 0.3 is 0 Å². The topological polar surface area (TPSA) is 23.5 Å². The minimum absolute atomic E-state index is 0.470. The van der Waals surface area contributed by atoms with Crippen molar-refractivity contribution in [1.82, 2.24) is 0 Å². The third-order valence-electron chi connectivity index (χ3n) is 4.95. The van der Waals surface area contributed by atoms with Gasteiger partial charge in [-0.2, -0.15) is 11.3 Å². The molecule has 0 spiro atoms. The smallest absolute Gasteiger partial charge is 0.126 e. The molecule has 0 amide bonds. The van der Waals surface area contributed by atoms with E-state index in [2.05, 4.69) is 21.7 Å². The second-order valence-corrected chi connectivity index (χ2v) is 7.68. The van der Waals surface area contributed by atoms with Gasteiger partial charge in [-0.25, -0.2) is 8.78 Å². The summed E-state index contributed by atoms with van der Waals surface area (Å²) in [5.41, 5.74) is 1.77. The molecule has 1 fully saturated rings. The van der Waals surface area contributed by atoms with Crippen molar-refractivity contribution in [3.63, 3.8) is 0 Å². The maximum Gasteiger partial charge on any atom is 0.126 e. The molecule has 136 valence electrons. The minimum atomic E-state index is -0.563. The van der Waals surface area contributed by atoms with E-state index in [0.29, 0.717) is 31.0 Å². The van der Waals surface area contributed by atoms with E-state index >= 15 is 0 Å². The van der Waals surface area contributed by atoms with Crippen LogP contribution < -0.4 is 4.90 Å². The Labute approximate surface area is 152 Å². The molecule has 1 atom stereocenters. The number of anilines is 1. The quantitative estimate of drug-likeness (QED) is 0.733. The normalized spacial score (nSPS) is 16.8. The lowest BCUT2D eigenvalue weighted by molar-refractivity contribution is 0.165. The van der Waals surface area contributed by atoms with E-state index in [1.165, 1.54) is 37.1 Å². The monoisotopic (exact) mass is 365 g/mol. The van der Waals surface area contributed by atoms with Gasteiger partial charge in [-0.05, 0) is 54.8 Å². The molecule has 1 N–H and O–H groups in total. The first-order chi connectivity index (χ1) is 12.1. The molecular formula is C20H25F2NOS. The van der Waals surface area contributed by atoms with Gasteiger partial charge in [-0.1, -0.05) is 19.3 Å². The van der Waals surface area contributed by atoms with Crippen LogP contribution in [0.25, 0.3) is 0 Å². The highest BCUT2D eigenvalue weighted by Gasteiger charge is 2.23. The minimum Gasteiger partial charge on any atom is -0.391 e. The molecule has 25 heavy (non-hydrogen) atoms. The molecule has 5 heteroatoms. The summed E-state index contributed by atoms with van der Waals surface area (Å²) in [7, 11) is 0. The van der Waals surface area contributed by atoms with E-state index in [0.717, 1.165) is 18.9 Å². The van der Waals surface area contributed by atoms with Gasteiger partial charge in [0.25, 0.3) is 0 Å². The summed E-state index contributed by atoms with van der Waals surface area (Å²) in [6.07, 6.45) is 6.55. The molecular weight excluding hydrogens is 340 g/mol. The first-order valence-corrected chi connectivity index (χ1v) is 9.98. The Morgan fingerprint density at radius 1 is 1.12 bits per heavy atom. The summed E-state index contributed by atoms with van der Waals surface area (Å²) in [5.74, 6) is -1.13. The van der Waals surface area contributed by atoms with Gasteiger partial charge in [0.2, 0.25) is 0 Å². The number of benzene rings is 1. The molecule has 1 saturated carbocycles. The number of nitrogens with zero attached hydrogens (tertiary/aromatic N) is 1. The molecule has 0 saturated heterocycles. The number of hydrogen-bond donors (Lipinski definition) is 1. The van der Waals surface area contributed by atoms with Crippen LogP contribution in [-0.2, 0) is 6.42 Å². The number of hydrogen-bond acceptors (Lipinski definition) is 3. The van der Waals surface area contributed by atoms with Crippen LogP contribution >= 0.6 is 11.3 Å². The van der Waals surface area contributed by atoms with Crippen LogP contribution in [0.1, 0.15) is 44.1 Å². The molecule has 1 aromatic heterocycles. The number of aliphatic hydroxyl groups is 1. The number of halogens is 2. The Morgan fingerprint density at radius 3 is 2.48 bits per heavy atom. The van der Waals surface area contributed by atoms with E-state index in [1.807, 2.05) is 0 Å². The molecule has 1 aromatic carbocycles. The van der Waals surface area contributed by atoms with E-state index in [9.17, 15) is 13.9 Å². The van der Waals surface area contributed by atoms with Crippen molar-refractivity contribution < 1.29 is 13.9 Å². The van der Waals surface area contributed by atoms with Gasteiger partial charge in [0.15, 0.2) is 0 Å². The van der Waals surface area contributed by atoms with Gasteiger partial charge in [0.05, 0.1) is 6.10 Å². The molecule has 1 heterocycles. The van der Waals surface area contributed by atoms with Crippen LogP contribution in [-0.4, -0.2) is 23.8 Å². The zero-order valence-corrected chi connectivity index (χ0v) is 15.2. The van der Waals surface area contributed by atoms with Crippen molar-refractivity contribution in [1.29, 1.82) is 0 Å². The first kappa shape index (κ1) is 18.3. The molecule has 2 nitrogen and oxygen atoms in total. The average Bonchev–Trinajstić information content (AvgIpc) is 3.12. The fourth-order valence-electron chi connectivity index (χ4n) is 3.69. The largest absolute Gasteiger partial charge is 0.391 e. The Morgan fingerprint density at radius 2 is 1.84 bits per heavy atom. The lowest BCUT2D eigenvalue weighted by Crippen LogP contribution is -2.41. The van der Waals surface area contributed by atoms with Crippen LogP contribution in [0.2, 0.25) is 0 Å². The summed E-state index contributed by atoms with van der Waals surface area (Å²) >= 11 is 1.67. The van der Waals surface area contributed by atoms with E-state index in [4.69, 9.17) is 0 Å². The number of rotatable bonds is 7. The second-order valence-electron chi connectivity index (χ2n) is 6.90. The fraction of sp³-hybridized carbons (Fsp3) is 0.500. The van der Waals surface area contributed by atoms with Crippen LogP contribution in [0.5, 0.6) is 0 Å². The average molecular weight is 365 g/mol. The zero-order valence-electron chi connectivity index (χ0n) is 14.3. The number of aryl methyl sites for hydroxylation is 1. The Hall–Kier alpha value is -1.46. The summed E-state index contributed by atoms with van der Waals surface area (Å²) in [6.45, 7) is 0.569. The van der Waals surface area contributed by atoms with Crippen molar-refractivity contribution in [3.05, 3.63) is 52.2 Å². The molecule has 1 aliphatic carbocycles. The highest BCUT2D eigenvalue weighted by Crippen LogP contribution is 2.29. The summed E-state index contributed by atoms with van der Waals surface area (Å²) < 4.78 is 26.6. The lowest BCUT2D eigenvalue weighted by Gasteiger charge is -2.37. The van der Waals surface area contributed by atoms with Gasteiger partial charge in [0, 0.05) is 29.7 Å². The first-order valence-electron chi connectivity index (χ1n) is 9.03. The van der Waals surface area contributed by atoms with Gasteiger partial charge in [-0.15, -0.1) is 0 Å². The SMILES string of the molecule is OC(CCc1cc(F)cc(F)c1)CN(c1ccsc1)C1CCCCC1.